The van der Waals surface area contributed by atoms with Gasteiger partial charge in [0.1, 0.15) is 17.5 Å². The van der Waals surface area contributed by atoms with E-state index in [1.165, 1.54) is 0 Å². The first kappa shape index (κ1) is 26.8. The maximum absolute atomic E-state index is 13.9. The highest BCUT2D eigenvalue weighted by Gasteiger charge is 2.32. The summed E-state index contributed by atoms with van der Waals surface area (Å²) in [6.45, 7) is 0.209. The molecule has 0 heterocycles. The summed E-state index contributed by atoms with van der Waals surface area (Å²) in [5.41, 5.74) is 2.93. The number of halogens is 1. The second-order valence-corrected chi connectivity index (χ2v) is 9.14. The number of hydrogen-bond donors (Lipinski definition) is 1. The molecular formula is C31H29ClN2O4. The van der Waals surface area contributed by atoms with E-state index in [1.807, 2.05) is 54.6 Å². The predicted molar refractivity (Wildman–Crippen MR) is 150 cm³/mol. The van der Waals surface area contributed by atoms with Crippen LogP contribution in [-0.4, -0.2) is 30.9 Å². The van der Waals surface area contributed by atoms with Crippen molar-refractivity contribution in [3.05, 3.63) is 125 Å². The van der Waals surface area contributed by atoms with Gasteiger partial charge in [0.25, 0.3) is 5.91 Å². The van der Waals surface area contributed by atoms with Gasteiger partial charge in [0, 0.05) is 17.3 Å². The maximum atomic E-state index is 13.9. The molecule has 0 saturated heterocycles. The lowest BCUT2D eigenvalue weighted by Crippen LogP contribution is -2.41. The van der Waals surface area contributed by atoms with Crippen LogP contribution < -0.4 is 14.8 Å². The van der Waals surface area contributed by atoms with Crippen LogP contribution in [0.2, 0.25) is 5.02 Å². The maximum Gasteiger partial charge on any atom is 0.251 e. The second kappa shape index (κ2) is 12.8. The van der Waals surface area contributed by atoms with E-state index < -0.39 is 6.04 Å². The molecule has 1 unspecified atom stereocenters. The van der Waals surface area contributed by atoms with Crippen molar-refractivity contribution in [2.75, 3.05) is 19.5 Å². The average molecular weight is 529 g/mol. The minimum atomic E-state index is -0.931. The predicted octanol–water partition coefficient (Wildman–Crippen LogP) is 6.31. The Labute approximate surface area is 227 Å². The Bertz CT molecular complexity index is 1360. The summed E-state index contributed by atoms with van der Waals surface area (Å²) in [5, 5.41) is 3.57. The van der Waals surface area contributed by atoms with Gasteiger partial charge in [-0.1, -0.05) is 66.2 Å². The molecule has 7 heteroatoms. The topological polar surface area (TPSA) is 67.9 Å². The number of nitrogens with one attached hydrogen (secondary N) is 1. The molecule has 38 heavy (non-hydrogen) atoms. The van der Waals surface area contributed by atoms with Gasteiger partial charge in [-0.3, -0.25) is 9.59 Å². The summed E-state index contributed by atoms with van der Waals surface area (Å²) in [7, 11) is 3.15. The van der Waals surface area contributed by atoms with Crippen LogP contribution in [0.1, 0.15) is 22.7 Å². The van der Waals surface area contributed by atoms with Crippen molar-refractivity contribution in [2.45, 2.75) is 19.0 Å². The molecule has 4 rings (SSSR count). The highest BCUT2D eigenvalue weighted by molar-refractivity contribution is 6.30. The van der Waals surface area contributed by atoms with Crippen LogP contribution >= 0.6 is 11.6 Å². The number of amides is 2. The Kier molecular flexibility index (Phi) is 9.01. The highest BCUT2D eigenvalue weighted by atomic mass is 35.5. The van der Waals surface area contributed by atoms with Gasteiger partial charge >= 0.3 is 0 Å². The number of anilines is 1. The van der Waals surface area contributed by atoms with E-state index in [0.29, 0.717) is 27.8 Å². The third kappa shape index (κ3) is 6.93. The molecule has 0 aliphatic carbocycles. The summed E-state index contributed by atoms with van der Waals surface area (Å²) in [4.78, 5) is 29.4. The lowest BCUT2D eigenvalue weighted by molar-refractivity contribution is -0.139. The van der Waals surface area contributed by atoms with Crippen LogP contribution in [-0.2, 0) is 22.6 Å². The molecule has 0 saturated carbocycles. The standard InChI is InChI=1S/C31H29ClN2O4/c1-37-27-17-15-26(16-18-27)33-31(36)30(24-9-6-10-28(20-24)38-2)34(21-23-11-13-25(32)14-12-23)29(35)19-22-7-4-3-5-8-22/h3-18,20,30H,19,21H2,1-2H3,(H,33,36). The molecule has 0 fully saturated rings. The molecule has 0 aliphatic rings. The van der Waals surface area contributed by atoms with Gasteiger partial charge in [0.05, 0.1) is 20.6 Å². The Morgan fingerprint density at radius 3 is 2.13 bits per heavy atom. The number of ether oxygens (including phenoxy) is 2. The summed E-state index contributed by atoms with van der Waals surface area (Å²) < 4.78 is 10.7. The Morgan fingerprint density at radius 2 is 1.47 bits per heavy atom. The smallest absolute Gasteiger partial charge is 0.251 e. The molecule has 1 N–H and O–H groups in total. The van der Waals surface area contributed by atoms with Gasteiger partial charge in [-0.25, -0.2) is 0 Å². The highest BCUT2D eigenvalue weighted by Crippen LogP contribution is 2.29. The first-order valence-corrected chi connectivity index (χ1v) is 12.5. The number of carbonyl (C=O) groups is 2. The van der Waals surface area contributed by atoms with Crippen molar-refractivity contribution in [1.82, 2.24) is 4.90 Å². The fourth-order valence-corrected chi connectivity index (χ4v) is 4.28. The van der Waals surface area contributed by atoms with Gasteiger partial charge in [-0.05, 0) is 65.2 Å². The lowest BCUT2D eigenvalue weighted by atomic mass is 10.0. The Balaban J connectivity index is 1.74. The van der Waals surface area contributed by atoms with E-state index in [4.69, 9.17) is 21.1 Å². The molecule has 0 radical (unpaired) electrons. The van der Waals surface area contributed by atoms with Crippen molar-refractivity contribution < 1.29 is 19.1 Å². The second-order valence-electron chi connectivity index (χ2n) is 8.71. The van der Waals surface area contributed by atoms with Gasteiger partial charge in [0.15, 0.2) is 0 Å². The zero-order valence-electron chi connectivity index (χ0n) is 21.3. The van der Waals surface area contributed by atoms with Crippen LogP contribution in [0.15, 0.2) is 103 Å². The van der Waals surface area contributed by atoms with Gasteiger partial charge in [0.2, 0.25) is 5.91 Å². The monoisotopic (exact) mass is 528 g/mol. The van der Waals surface area contributed by atoms with Gasteiger partial charge in [-0.2, -0.15) is 0 Å². The van der Waals surface area contributed by atoms with Crippen molar-refractivity contribution in [3.63, 3.8) is 0 Å². The SMILES string of the molecule is COc1ccc(NC(=O)C(c2cccc(OC)c2)N(Cc2ccc(Cl)cc2)C(=O)Cc2ccccc2)cc1. The van der Waals surface area contributed by atoms with E-state index in [1.54, 1.807) is 67.7 Å². The molecule has 4 aromatic carbocycles. The summed E-state index contributed by atoms with van der Waals surface area (Å²) in [6.07, 6.45) is 0.144. The zero-order valence-corrected chi connectivity index (χ0v) is 22.0. The number of methoxy groups -OCH3 is 2. The van der Waals surface area contributed by atoms with Crippen molar-refractivity contribution in [2.24, 2.45) is 0 Å². The summed E-state index contributed by atoms with van der Waals surface area (Å²) in [6, 6.07) is 30.1. The molecule has 0 aliphatic heterocycles. The van der Waals surface area contributed by atoms with Gasteiger partial charge < -0.3 is 19.7 Å². The molecule has 194 valence electrons. The molecular weight excluding hydrogens is 500 g/mol. The van der Waals surface area contributed by atoms with Crippen LogP contribution in [0.3, 0.4) is 0 Å². The molecule has 0 spiro atoms. The molecule has 2 amide bonds. The van der Waals surface area contributed by atoms with Crippen molar-refractivity contribution in [3.8, 4) is 11.5 Å². The van der Waals surface area contributed by atoms with Crippen molar-refractivity contribution in [1.29, 1.82) is 0 Å². The summed E-state index contributed by atoms with van der Waals surface area (Å²) >= 11 is 6.10. The average Bonchev–Trinajstić information content (AvgIpc) is 2.95. The van der Waals surface area contributed by atoms with Crippen LogP contribution in [0, 0.1) is 0 Å². The fraction of sp³-hybridized carbons (Fsp3) is 0.161. The molecule has 0 bridgehead atoms. The quantitative estimate of drug-likeness (QED) is 0.262. The Hall–Kier alpha value is -4.29. The van der Waals surface area contributed by atoms with E-state index in [-0.39, 0.29) is 24.8 Å². The van der Waals surface area contributed by atoms with E-state index in [0.717, 1.165) is 11.1 Å². The normalized spacial score (nSPS) is 11.3. The molecule has 1 atom stereocenters. The van der Waals surface area contributed by atoms with Crippen LogP contribution in [0.4, 0.5) is 5.69 Å². The third-order valence-electron chi connectivity index (χ3n) is 6.11. The van der Waals surface area contributed by atoms with E-state index in [9.17, 15) is 9.59 Å². The van der Waals surface area contributed by atoms with Crippen LogP contribution in [0.25, 0.3) is 0 Å². The number of nitrogens with zero attached hydrogens (tertiary/aromatic N) is 1. The fourth-order valence-electron chi connectivity index (χ4n) is 4.15. The first-order chi connectivity index (χ1) is 18.5. The minimum absolute atomic E-state index is 0.144. The van der Waals surface area contributed by atoms with E-state index >= 15 is 0 Å². The number of carbonyl (C=O) groups excluding carboxylic acids is 2. The molecule has 0 aromatic heterocycles. The lowest BCUT2D eigenvalue weighted by Gasteiger charge is -2.32. The molecule has 6 nitrogen and oxygen atoms in total. The number of hydrogen-bond acceptors (Lipinski definition) is 4. The number of benzene rings is 4. The first-order valence-electron chi connectivity index (χ1n) is 12.1. The number of rotatable bonds is 10. The largest absolute Gasteiger partial charge is 0.497 e. The van der Waals surface area contributed by atoms with Gasteiger partial charge in [-0.15, -0.1) is 0 Å². The minimum Gasteiger partial charge on any atom is -0.497 e. The van der Waals surface area contributed by atoms with Crippen LogP contribution in [0.5, 0.6) is 11.5 Å². The zero-order chi connectivity index (χ0) is 26.9. The Morgan fingerprint density at radius 1 is 0.789 bits per heavy atom. The molecule has 4 aromatic rings. The van der Waals surface area contributed by atoms with E-state index in [2.05, 4.69) is 5.32 Å². The van der Waals surface area contributed by atoms with Crippen molar-refractivity contribution >= 4 is 29.1 Å². The third-order valence-corrected chi connectivity index (χ3v) is 6.36. The summed E-state index contributed by atoms with van der Waals surface area (Å²) in [5.74, 6) is 0.726.